The highest BCUT2D eigenvalue weighted by molar-refractivity contribution is 5.85. The summed E-state index contributed by atoms with van der Waals surface area (Å²) >= 11 is 0. The molecule has 0 spiro atoms. The molecule has 0 aromatic heterocycles. The molecule has 0 saturated carbocycles. The first-order chi connectivity index (χ1) is 8.25. The van der Waals surface area contributed by atoms with Crippen LogP contribution in [-0.2, 0) is 16.1 Å². The summed E-state index contributed by atoms with van der Waals surface area (Å²) in [5, 5.41) is 0. The fourth-order valence-electron chi connectivity index (χ4n) is 1.89. The Bertz CT molecular complexity index is 367. The van der Waals surface area contributed by atoms with Crippen molar-refractivity contribution in [2.45, 2.75) is 6.61 Å². The largest absolute Gasteiger partial charge is 0.375 e. The normalized spacial score (nSPS) is 15.8. The van der Waals surface area contributed by atoms with Crippen molar-refractivity contribution < 1.29 is 9.53 Å². The van der Waals surface area contributed by atoms with Gasteiger partial charge in [-0.25, -0.2) is 0 Å². The van der Waals surface area contributed by atoms with E-state index in [9.17, 15) is 4.79 Å². The first-order valence-corrected chi connectivity index (χ1v) is 5.89. The summed E-state index contributed by atoms with van der Waals surface area (Å²) in [4.78, 5) is 13.0. The third-order valence-corrected chi connectivity index (χ3v) is 3.02. The highest BCUT2D eigenvalue weighted by atomic mass is 35.5. The summed E-state index contributed by atoms with van der Waals surface area (Å²) in [5.41, 5.74) is 6.38. The zero-order valence-corrected chi connectivity index (χ0v) is 11.1. The molecule has 0 bridgehead atoms. The summed E-state index contributed by atoms with van der Waals surface area (Å²) < 4.78 is 5.56. The van der Waals surface area contributed by atoms with Crippen LogP contribution < -0.4 is 5.73 Å². The lowest BCUT2D eigenvalue weighted by Crippen LogP contribution is -2.53. The van der Waals surface area contributed by atoms with Crippen LogP contribution in [0.25, 0.3) is 0 Å². The van der Waals surface area contributed by atoms with E-state index in [1.165, 1.54) is 5.56 Å². The van der Waals surface area contributed by atoms with Crippen LogP contribution in [0.4, 0.5) is 0 Å². The number of halogens is 1. The van der Waals surface area contributed by atoms with Gasteiger partial charge < -0.3 is 10.5 Å². The quantitative estimate of drug-likeness (QED) is 0.786. The maximum absolute atomic E-state index is 10.8. The monoisotopic (exact) mass is 270 g/mol. The lowest BCUT2D eigenvalue weighted by Gasteiger charge is -2.37. The zero-order valence-electron chi connectivity index (χ0n) is 10.2. The molecular formula is C13H19ClN2O2. The van der Waals surface area contributed by atoms with Crippen molar-refractivity contribution in [1.82, 2.24) is 4.90 Å². The number of primary amides is 1. The van der Waals surface area contributed by atoms with Gasteiger partial charge in [0.25, 0.3) is 0 Å². The molecule has 2 N–H and O–H groups in total. The smallest absolute Gasteiger partial charge is 0.223 e. The lowest BCUT2D eigenvalue weighted by molar-refractivity contribution is -0.127. The van der Waals surface area contributed by atoms with Gasteiger partial charge in [0, 0.05) is 19.6 Å². The zero-order chi connectivity index (χ0) is 12.1. The van der Waals surface area contributed by atoms with Crippen LogP contribution in [0, 0.1) is 5.92 Å². The van der Waals surface area contributed by atoms with Gasteiger partial charge in [-0.15, -0.1) is 12.4 Å². The number of rotatable bonds is 6. The van der Waals surface area contributed by atoms with E-state index >= 15 is 0 Å². The van der Waals surface area contributed by atoms with Gasteiger partial charge in [0.2, 0.25) is 5.91 Å². The van der Waals surface area contributed by atoms with Crippen molar-refractivity contribution in [1.29, 1.82) is 0 Å². The summed E-state index contributed by atoms with van der Waals surface area (Å²) in [5.74, 6) is -0.143. The molecule has 100 valence electrons. The molecule has 1 aromatic carbocycles. The molecule has 0 aliphatic carbocycles. The van der Waals surface area contributed by atoms with Crippen molar-refractivity contribution in [3.05, 3.63) is 35.9 Å². The Labute approximate surface area is 114 Å². The maximum Gasteiger partial charge on any atom is 0.223 e. The van der Waals surface area contributed by atoms with E-state index in [0.29, 0.717) is 13.2 Å². The Kier molecular flexibility index (Phi) is 6.12. The third kappa shape index (κ3) is 4.29. The van der Waals surface area contributed by atoms with Crippen molar-refractivity contribution >= 4 is 18.3 Å². The lowest BCUT2D eigenvalue weighted by atomic mass is 10.00. The van der Waals surface area contributed by atoms with Crippen molar-refractivity contribution in [3.63, 3.8) is 0 Å². The van der Waals surface area contributed by atoms with Gasteiger partial charge in [0.15, 0.2) is 0 Å². The summed E-state index contributed by atoms with van der Waals surface area (Å²) in [6, 6.07) is 10.1. The van der Waals surface area contributed by atoms with Gasteiger partial charge in [0.05, 0.1) is 19.1 Å². The van der Waals surface area contributed by atoms with Crippen molar-refractivity contribution in [3.8, 4) is 0 Å². The van der Waals surface area contributed by atoms with Crippen LogP contribution in [0.1, 0.15) is 5.56 Å². The molecule has 4 nitrogen and oxygen atoms in total. The van der Waals surface area contributed by atoms with E-state index in [0.717, 1.165) is 19.6 Å². The minimum absolute atomic E-state index is 0. The number of nitrogens with zero attached hydrogens (tertiary/aromatic N) is 1. The second-order valence-electron chi connectivity index (χ2n) is 4.40. The Morgan fingerprint density at radius 2 is 2.00 bits per heavy atom. The molecule has 0 unspecified atom stereocenters. The second-order valence-corrected chi connectivity index (χ2v) is 4.40. The number of likely N-dealkylation sites (tertiary alicyclic amines) is 1. The van der Waals surface area contributed by atoms with Gasteiger partial charge >= 0.3 is 0 Å². The van der Waals surface area contributed by atoms with E-state index in [2.05, 4.69) is 4.90 Å². The van der Waals surface area contributed by atoms with Crippen LogP contribution in [0.15, 0.2) is 30.3 Å². The first-order valence-electron chi connectivity index (χ1n) is 5.89. The van der Waals surface area contributed by atoms with E-state index < -0.39 is 0 Å². The Balaban J connectivity index is 0.00000162. The standard InChI is InChI=1S/C13H18N2O2.ClH/c14-13(16)12-8-15(9-12)6-7-17-10-11-4-2-1-3-5-11;/h1-5,12H,6-10H2,(H2,14,16);1H. The van der Waals surface area contributed by atoms with Gasteiger partial charge in [-0.2, -0.15) is 0 Å². The topological polar surface area (TPSA) is 55.6 Å². The second kappa shape index (κ2) is 7.36. The average molecular weight is 271 g/mol. The first kappa shape index (κ1) is 15.0. The SMILES string of the molecule is Cl.NC(=O)C1CN(CCOCc2ccccc2)C1. The highest BCUT2D eigenvalue weighted by Gasteiger charge is 2.30. The number of nitrogens with two attached hydrogens (primary N) is 1. The average Bonchev–Trinajstić information content (AvgIpc) is 2.27. The molecule has 2 rings (SSSR count). The molecule has 1 aliphatic rings. The van der Waals surface area contributed by atoms with Gasteiger partial charge in [0.1, 0.15) is 0 Å². The van der Waals surface area contributed by atoms with Crippen molar-refractivity contribution in [2.75, 3.05) is 26.2 Å². The van der Waals surface area contributed by atoms with Gasteiger partial charge in [-0.05, 0) is 5.56 Å². The predicted molar refractivity (Wildman–Crippen MR) is 72.5 cm³/mol. The van der Waals surface area contributed by atoms with Crippen LogP contribution in [0.3, 0.4) is 0 Å². The molecule has 1 fully saturated rings. The van der Waals surface area contributed by atoms with Crippen LogP contribution in [0.2, 0.25) is 0 Å². The van der Waals surface area contributed by atoms with Crippen molar-refractivity contribution in [2.24, 2.45) is 11.7 Å². The number of carbonyl (C=O) groups excluding carboxylic acids is 1. The van der Waals surface area contributed by atoms with Crippen LogP contribution >= 0.6 is 12.4 Å². The minimum Gasteiger partial charge on any atom is -0.375 e. The molecular weight excluding hydrogens is 252 g/mol. The molecule has 18 heavy (non-hydrogen) atoms. The highest BCUT2D eigenvalue weighted by Crippen LogP contribution is 2.13. The van der Waals surface area contributed by atoms with E-state index in [-0.39, 0.29) is 24.2 Å². The van der Waals surface area contributed by atoms with E-state index in [1.807, 2.05) is 30.3 Å². The number of ether oxygens (including phenoxy) is 1. The predicted octanol–water partition coefficient (Wildman–Crippen LogP) is 1.04. The Morgan fingerprint density at radius 1 is 1.33 bits per heavy atom. The summed E-state index contributed by atoms with van der Waals surface area (Å²) in [6.45, 7) is 3.78. The molecule has 1 amide bonds. The number of hydrogen-bond donors (Lipinski definition) is 1. The van der Waals surface area contributed by atoms with Crippen LogP contribution in [0.5, 0.6) is 0 Å². The van der Waals surface area contributed by atoms with Gasteiger partial charge in [-0.1, -0.05) is 30.3 Å². The maximum atomic E-state index is 10.8. The number of carbonyl (C=O) groups is 1. The number of amides is 1. The Hall–Kier alpha value is -1.10. The van der Waals surface area contributed by atoms with E-state index in [1.54, 1.807) is 0 Å². The molecule has 0 radical (unpaired) electrons. The molecule has 0 atom stereocenters. The molecule has 1 saturated heterocycles. The molecule has 5 heteroatoms. The van der Waals surface area contributed by atoms with E-state index in [4.69, 9.17) is 10.5 Å². The minimum atomic E-state index is -0.188. The van der Waals surface area contributed by atoms with Crippen LogP contribution in [-0.4, -0.2) is 37.0 Å². The third-order valence-electron chi connectivity index (χ3n) is 3.02. The summed E-state index contributed by atoms with van der Waals surface area (Å²) in [6.07, 6.45) is 0. The fourth-order valence-corrected chi connectivity index (χ4v) is 1.89. The molecule has 1 aromatic rings. The fraction of sp³-hybridized carbons (Fsp3) is 0.462. The molecule has 1 heterocycles. The Morgan fingerprint density at radius 3 is 2.61 bits per heavy atom. The molecule has 1 aliphatic heterocycles. The summed E-state index contributed by atoms with van der Waals surface area (Å²) in [7, 11) is 0. The number of benzene rings is 1. The van der Waals surface area contributed by atoms with Gasteiger partial charge in [-0.3, -0.25) is 9.69 Å². The number of hydrogen-bond acceptors (Lipinski definition) is 3.